The highest BCUT2D eigenvalue weighted by Gasteiger charge is 2.37. The summed E-state index contributed by atoms with van der Waals surface area (Å²) in [6.07, 6.45) is 5.85. The van der Waals surface area contributed by atoms with Gasteiger partial charge in [-0.3, -0.25) is 14.2 Å². The Morgan fingerprint density at radius 2 is 2.00 bits per heavy atom. The number of aryl methyl sites for hydroxylation is 1. The molecule has 2 aromatic heterocycles. The van der Waals surface area contributed by atoms with Gasteiger partial charge in [0.25, 0.3) is 0 Å². The first kappa shape index (κ1) is 18.1. The Bertz CT molecular complexity index is 981. The van der Waals surface area contributed by atoms with Gasteiger partial charge in [-0.25, -0.2) is 9.97 Å². The summed E-state index contributed by atoms with van der Waals surface area (Å²) >= 11 is 0. The molecule has 2 fully saturated rings. The number of likely N-dealkylation sites (tertiary alicyclic amines) is 1. The highest BCUT2D eigenvalue weighted by molar-refractivity contribution is 5.81. The van der Waals surface area contributed by atoms with Gasteiger partial charge in [-0.1, -0.05) is 0 Å². The zero-order valence-electron chi connectivity index (χ0n) is 16.5. The highest BCUT2D eigenvalue weighted by Crippen LogP contribution is 2.32. The number of nitrogens with one attached hydrogen (secondary N) is 1. The number of rotatable bonds is 5. The summed E-state index contributed by atoms with van der Waals surface area (Å²) in [6, 6.07) is 2.00. The Morgan fingerprint density at radius 1 is 1.17 bits per heavy atom. The number of carbonyl (C=O) groups excluding carboxylic acids is 2. The van der Waals surface area contributed by atoms with Crippen LogP contribution in [-0.4, -0.2) is 55.4 Å². The van der Waals surface area contributed by atoms with Crippen LogP contribution in [0, 0.1) is 18.8 Å². The lowest BCUT2D eigenvalue weighted by Gasteiger charge is -2.17. The maximum Gasteiger partial charge on any atom is 0.225 e. The monoisotopic (exact) mass is 395 g/mol. The van der Waals surface area contributed by atoms with Crippen LogP contribution >= 0.6 is 0 Å². The van der Waals surface area contributed by atoms with Crippen molar-refractivity contribution >= 4 is 17.8 Å². The van der Waals surface area contributed by atoms with Crippen molar-refractivity contribution in [2.45, 2.75) is 45.1 Å². The molecule has 29 heavy (non-hydrogen) atoms. The van der Waals surface area contributed by atoms with E-state index in [1.807, 2.05) is 22.5 Å². The van der Waals surface area contributed by atoms with Gasteiger partial charge in [0.1, 0.15) is 11.6 Å². The van der Waals surface area contributed by atoms with Gasteiger partial charge in [-0.2, -0.15) is 4.98 Å². The van der Waals surface area contributed by atoms with E-state index >= 15 is 0 Å². The summed E-state index contributed by atoms with van der Waals surface area (Å²) in [4.78, 5) is 39.5. The molecule has 3 N–H and O–H groups in total. The number of aromatic nitrogens is 4. The summed E-state index contributed by atoms with van der Waals surface area (Å²) in [7, 11) is 0. The zero-order chi connectivity index (χ0) is 20.1. The minimum atomic E-state index is -0.288. The van der Waals surface area contributed by atoms with Crippen molar-refractivity contribution < 1.29 is 9.59 Å². The summed E-state index contributed by atoms with van der Waals surface area (Å²) in [5.74, 6) is 2.16. The molecule has 2 aliphatic carbocycles. The van der Waals surface area contributed by atoms with Crippen molar-refractivity contribution in [2.24, 2.45) is 17.6 Å². The standard InChI is InChI=1S/C20H25N7O2/c1-11-23-15-8-13(18(21)28)9-16(15)27(11)17-4-6-22-20(25-17)24-14-5-7-26(10-14)19(29)12-2-3-12/h4,6,12-14H,2-3,5,7-10H2,1H3,(H2,21,28)(H,22,24,25). The van der Waals surface area contributed by atoms with Crippen LogP contribution in [0.15, 0.2) is 12.3 Å². The van der Waals surface area contributed by atoms with E-state index in [0.717, 1.165) is 48.8 Å². The predicted octanol–water partition coefficient (Wildman–Crippen LogP) is 0.594. The van der Waals surface area contributed by atoms with Crippen molar-refractivity contribution in [2.75, 3.05) is 18.4 Å². The molecule has 9 heteroatoms. The molecule has 2 unspecified atom stereocenters. The number of primary amides is 1. The lowest BCUT2D eigenvalue weighted by Crippen LogP contribution is -2.32. The van der Waals surface area contributed by atoms with E-state index in [9.17, 15) is 9.59 Å². The molecule has 152 valence electrons. The van der Waals surface area contributed by atoms with Gasteiger partial charge in [0.2, 0.25) is 17.8 Å². The molecule has 1 saturated carbocycles. The van der Waals surface area contributed by atoms with E-state index in [-0.39, 0.29) is 29.7 Å². The fourth-order valence-electron chi connectivity index (χ4n) is 4.44. The van der Waals surface area contributed by atoms with Gasteiger partial charge in [0, 0.05) is 55.7 Å². The van der Waals surface area contributed by atoms with Gasteiger partial charge in [0.05, 0.1) is 5.69 Å². The Labute approximate surface area is 168 Å². The Balaban J connectivity index is 1.33. The number of hydrogen-bond acceptors (Lipinski definition) is 6. The Kier molecular flexibility index (Phi) is 4.25. The minimum Gasteiger partial charge on any atom is -0.369 e. The quantitative estimate of drug-likeness (QED) is 0.765. The molecule has 1 saturated heterocycles. The lowest BCUT2D eigenvalue weighted by atomic mass is 10.1. The van der Waals surface area contributed by atoms with Crippen molar-refractivity contribution in [1.29, 1.82) is 0 Å². The molecule has 0 spiro atoms. The third-order valence-corrected chi connectivity index (χ3v) is 6.13. The highest BCUT2D eigenvalue weighted by atomic mass is 16.2. The van der Waals surface area contributed by atoms with Crippen molar-refractivity contribution in [3.63, 3.8) is 0 Å². The maximum absolute atomic E-state index is 12.3. The van der Waals surface area contributed by atoms with Gasteiger partial charge in [-0.15, -0.1) is 0 Å². The van der Waals surface area contributed by atoms with E-state index in [1.165, 1.54) is 0 Å². The lowest BCUT2D eigenvalue weighted by molar-refractivity contribution is -0.131. The molecule has 2 atom stereocenters. The van der Waals surface area contributed by atoms with Crippen LogP contribution in [0.5, 0.6) is 0 Å². The average molecular weight is 395 g/mol. The molecule has 9 nitrogen and oxygen atoms in total. The largest absolute Gasteiger partial charge is 0.369 e. The number of nitrogens with two attached hydrogens (primary N) is 1. The number of anilines is 1. The number of fused-ring (bicyclic) bond motifs is 1. The molecule has 2 amide bonds. The predicted molar refractivity (Wildman–Crippen MR) is 105 cm³/mol. The van der Waals surface area contributed by atoms with E-state index in [1.54, 1.807) is 6.20 Å². The summed E-state index contributed by atoms with van der Waals surface area (Å²) in [5.41, 5.74) is 7.41. The first-order valence-electron chi connectivity index (χ1n) is 10.2. The summed E-state index contributed by atoms with van der Waals surface area (Å²) < 4.78 is 1.99. The van der Waals surface area contributed by atoms with Crippen LogP contribution in [-0.2, 0) is 22.4 Å². The molecule has 0 bridgehead atoms. The third kappa shape index (κ3) is 3.34. The fourth-order valence-corrected chi connectivity index (χ4v) is 4.44. The van der Waals surface area contributed by atoms with Crippen molar-refractivity contribution in [1.82, 2.24) is 24.4 Å². The Hall–Kier alpha value is -2.97. The van der Waals surface area contributed by atoms with Gasteiger partial charge < -0.3 is 16.0 Å². The van der Waals surface area contributed by atoms with E-state index in [2.05, 4.69) is 20.3 Å². The second-order valence-corrected chi connectivity index (χ2v) is 8.32. The summed E-state index contributed by atoms with van der Waals surface area (Å²) in [6.45, 7) is 3.42. The zero-order valence-corrected chi connectivity index (χ0v) is 16.5. The summed E-state index contributed by atoms with van der Waals surface area (Å²) in [5, 5.41) is 3.38. The molecule has 2 aromatic rings. The Morgan fingerprint density at radius 3 is 2.76 bits per heavy atom. The number of carbonyl (C=O) groups is 2. The maximum atomic E-state index is 12.3. The molecule has 0 aromatic carbocycles. The molecule has 3 aliphatic rings. The normalized spacial score (nSPS) is 23.3. The van der Waals surface area contributed by atoms with Gasteiger partial charge >= 0.3 is 0 Å². The number of hydrogen-bond donors (Lipinski definition) is 2. The number of nitrogens with zero attached hydrogens (tertiary/aromatic N) is 5. The topological polar surface area (TPSA) is 119 Å². The van der Waals surface area contributed by atoms with Crippen LogP contribution in [0.1, 0.15) is 36.5 Å². The average Bonchev–Trinajstić information content (AvgIpc) is 3.17. The second kappa shape index (κ2) is 6.82. The van der Waals surface area contributed by atoms with Crippen molar-refractivity contribution in [3.8, 4) is 5.82 Å². The van der Waals surface area contributed by atoms with E-state index in [4.69, 9.17) is 5.73 Å². The van der Waals surface area contributed by atoms with Crippen LogP contribution < -0.4 is 11.1 Å². The molecule has 1 aliphatic heterocycles. The van der Waals surface area contributed by atoms with Gasteiger partial charge in [-0.05, 0) is 32.3 Å². The molecular weight excluding hydrogens is 370 g/mol. The smallest absolute Gasteiger partial charge is 0.225 e. The van der Waals surface area contributed by atoms with Crippen LogP contribution in [0.25, 0.3) is 5.82 Å². The van der Waals surface area contributed by atoms with E-state index < -0.39 is 0 Å². The van der Waals surface area contributed by atoms with Crippen LogP contribution in [0.3, 0.4) is 0 Å². The van der Waals surface area contributed by atoms with Gasteiger partial charge in [0.15, 0.2) is 0 Å². The first-order valence-corrected chi connectivity index (χ1v) is 10.2. The van der Waals surface area contributed by atoms with Crippen LogP contribution in [0.4, 0.5) is 5.95 Å². The van der Waals surface area contributed by atoms with E-state index in [0.29, 0.717) is 25.3 Å². The molecular formula is C20H25N7O2. The minimum absolute atomic E-state index is 0.154. The molecule has 3 heterocycles. The molecule has 0 radical (unpaired) electrons. The van der Waals surface area contributed by atoms with Crippen molar-refractivity contribution in [3.05, 3.63) is 29.5 Å². The fraction of sp³-hybridized carbons (Fsp3) is 0.550. The molecule has 5 rings (SSSR count). The second-order valence-electron chi connectivity index (χ2n) is 8.32. The van der Waals surface area contributed by atoms with Crippen LogP contribution in [0.2, 0.25) is 0 Å². The SMILES string of the molecule is Cc1nc2c(n1-c1ccnc(NC3CCN(C(=O)C4CC4)C3)n1)CC(C(N)=O)C2. The third-order valence-electron chi connectivity index (χ3n) is 6.13. The number of amides is 2. The first-order chi connectivity index (χ1) is 14.0. The number of imidazole rings is 1.